The van der Waals surface area contributed by atoms with Gasteiger partial charge in [-0.3, -0.25) is 9.69 Å². The summed E-state index contributed by atoms with van der Waals surface area (Å²) in [5.74, 6) is 0.722. The smallest absolute Gasteiger partial charge is 0.238 e. The molecule has 0 aromatic heterocycles. The molecule has 1 heterocycles. The molecule has 1 N–H and O–H groups in total. The van der Waals surface area contributed by atoms with Gasteiger partial charge in [-0.05, 0) is 55.6 Å². The first kappa shape index (κ1) is 19.0. The van der Waals surface area contributed by atoms with Crippen LogP contribution < -0.4 is 10.1 Å². The second-order valence-corrected chi connectivity index (χ2v) is 7.29. The third-order valence-corrected chi connectivity index (χ3v) is 5.56. The highest BCUT2D eigenvalue weighted by atomic mass is 35.5. The average molecular weight is 393 g/mol. The molecule has 0 spiro atoms. The molecule has 1 saturated heterocycles. The lowest BCUT2D eigenvalue weighted by atomic mass is 10.0. The number of ether oxygens (including phenoxy) is 1. The SMILES string of the molecule is COc1ccc([C@H]2CCCN2CC(=O)Nc2c(Cl)ccc(C)c2Cl)cc1. The van der Waals surface area contributed by atoms with Crippen LogP contribution in [0.2, 0.25) is 10.0 Å². The minimum atomic E-state index is -0.111. The lowest BCUT2D eigenvalue weighted by molar-refractivity contribution is -0.117. The first-order valence-corrected chi connectivity index (χ1v) is 9.37. The van der Waals surface area contributed by atoms with Gasteiger partial charge in [0, 0.05) is 6.04 Å². The van der Waals surface area contributed by atoms with E-state index < -0.39 is 0 Å². The zero-order valence-electron chi connectivity index (χ0n) is 14.9. The lowest BCUT2D eigenvalue weighted by Crippen LogP contribution is -2.33. The number of nitrogens with zero attached hydrogens (tertiary/aromatic N) is 1. The van der Waals surface area contributed by atoms with E-state index >= 15 is 0 Å². The number of amides is 1. The highest BCUT2D eigenvalue weighted by Gasteiger charge is 2.28. The van der Waals surface area contributed by atoms with E-state index in [4.69, 9.17) is 27.9 Å². The molecule has 2 aromatic rings. The molecule has 26 heavy (non-hydrogen) atoms. The number of hydrogen-bond donors (Lipinski definition) is 1. The van der Waals surface area contributed by atoms with Crippen LogP contribution in [0, 0.1) is 6.92 Å². The summed E-state index contributed by atoms with van der Waals surface area (Å²) in [5, 5.41) is 3.80. The van der Waals surface area contributed by atoms with Gasteiger partial charge in [0.1, 0.15) is 5.75 Å². The quantitative estimate of drug-likeness (QED) is 0.770. The van der Waals surface area contributed by atoms with Gasteiger partial charge in [-0.25, -0.2) is 0 Å². The zero-order chi connectivity index (χ0) is 18.7. The van der Waals surface area contributed by atoms with Gasteiger partial charge in [0.25, 0.3) is 0 Å². The number of rotatable bonds is 5. The van der Waals surface area contributed by atoms with Gasteiger partial charge in [-0.15, -0.1) is 0 Å². The summed E-state index contributed by atoms with van der Waals surface area (Å²) in [6, 6.07) is 11.8. The molecule has 1 fully saturated rings. The maximum absolute atomic E-state index is 12.6. The molecule has 4 nitrogen and oxygen atoms in total. The molecule has 3 rings (SSSR count). The molecule has 138 valence electrons. The number of hydrogen-bond acceptors (Lipinski definition) is 3. The maximum Gasteiger partial charge on any atom is 0.238 e. The molecule has 1 aliphatic heterocycles. The molecule has 0 bridgehead atoms. The fourth-order valence-corrected chi connectivity index (χ4v) is 3.82. The van der Waals surface area contributed by atoms with Crippen LogP contribution in [0.15, 0.2) is 36.4 Å². The summed E-state index contributed by atoms with van der Waals surface area (Å²) >= 11 is 12.5. The first-order chi connectivity index (χ1) is 12.5. The Bertz CT molecular complexity index is 793. The summed E-state index contributed by atoms with van der Waals surface area (Å²) < 4.78 is 5.22. The highest BCUT2D eigenvalue weighted by molar-refractivity contribution is 6.40. The third kappa shape index (κ3) is 4.14. The molecule has 0 aliphatic carbocycles. The van der Waals surface area contributed by atoms with Crippen LogP contribution in [0.25, 0.3) is 0 Å². The van der Waals surface area contributed by atoms with Crippen LogP contribution in [0.5, 0.6) is 5.75 Å². The number of benzene rings is 2. The molecule has 1 aliphatic rings. The summed E-state index contributed by atoms with van der Waals surface area (Å²) in [5.41, 5.74) is 2.56. The molecule has 2 aromatic carbocycles. The van der Waals surface area contributed by atoms with Crippen molar-refractivity contribution in [2.45, 2.75) is 25.8 Å². The molecular weight excluding hydrogens is 371 g/mol. The van der Waals surface area contributed by atoms with E-state index in [-0.39, 0.29) is 11.9 Å². The van der Waals surface area contributed by atoms with Crippen LogP contribution in [0.3, 0.4) is 0 Å². The van der Waals surface area contributed by atoms with E-state index in [9.17, 15) is 4.79 Å². The number of methoxy groups -OCH3 is 1. The number of halogens is 2. The first-order valence-electron chi connectivity index (χ1n) is 8.62. The van der Waals surface area contributed by atoms with Gasteiger partial charge in [-0.1, -0.05) is 41.4 Å². The van der Waals surface area contributed by atoms with E-state index in [1.165, 1.54) is 5.56 Å². The molecule has 1 amide bonds. The minimum absolute atomic E-state index is 0.111. The van der Waals surface area contributed by atoms with Crippen molar-refractivity contribution < 1.29 is 9.53 Å². The van der Waals surface area contributed by atoms with Crippen molar-refractivity contribution in [3.63, 3.8) is 0 Å². The van der Waals surface area contributed by atoms with Crippen molar-refractivity contribution >= 4 is 34.8 Å². The van der Waals surface area contributed by atoms with E-state index in [1.807, 2.05) is 25.1 Å². The number of aryl methyl sites for hydroxylation is 1. The van der Waals surface area contributed by atoms with Gasteiger partial charge in [0.2, 0.25) is 5.91 Å². The van der Waals surface area contributed by atoms with E-state index in [2.05, 4.69) is 22.3 Å². The van der Waals surface area contributed by atoms with Crippen LogP contribution in [0.4, 0.5) is 5.69 Å². The molecule has 0 unspecified atom stereocenters. The Morgan fingerprint density at radius 2 is 1.96 bits per heavy atom. The number of anilines is 1. The van der Waals surface area contributed by atoms with Gasteiger partial charge in [0.15, 0.2) is 0 Å². The van der Waals surface area contributed by atoms with Gasteiger partial charge < -0.3 is 10.1 Å². The summed E-state index contributed by atoms with van der Waals surface area (Å²) in [6.45, 7) is 3.07. The third-order valence-electron chi connectivity index (χ3n) is 4.76. The van der Waals surface area contributed by atoms with E-state index in [0.717, 1.165) is 30.7 Å². The molecule has 0 saturated carbocycles. The zero-order valence-corrected chi connectivity index (χ0v) is 16.4. The molecule has 6 heteroatoms. The minimum Gasteiger partial charge on any atom is -0.497 e. The van der Waals surface area contributed by atoms with Crippen molar-refractivity contribution in [2.24, 2.45) is 0 Å². The molecule has 0 radical (unpaired) electrons. The second kappa shape index (κ2) is 8.30. The molecule has 1 atom stereocenters. The fraction of sp³-hybridized carbons (Fsp3) is 0.350. The predicted molar refractivity (Wildman–Crippen MR) is 106 cm³/mol. The van der Waals surface area contributed by atoms with Gasteiger partial charge in [0.05, 0.1) is 29.4 Å². The number of carbonyl (C=O) groups excluding carboxylic acids is 1. The maximum atomic E-state index is 12.6. The Morgan fingerprint density at radius 1 is 1.23 bits per heavy atom. The van der Waals surface area contributed by atoms with Crippen molar-refractivity contribution in [1.29, 1.82) is 0 Å². The lowest BCUT2D eigenvalue weighted by Gasteiger charge is -2.24. The Morgan fingerprint density at radius 3 is 2.65 bits per heavy atom. The Labute approximate surface area is 164 Å². The van der Waals surface area contributed by atoms with Crippen molar-refractivity contribution in [3.05, 3.63) is 57.6 Å². The number of carbonyl (C=O) groups is 1. The normalized spacial score (nSPS) is 17.3. The number of nitrogens with one attached hydrogen (secondary N) is 1. The Balaban J connectivity index is 1.69. The largest absolute Gasteiger partial charge is 0.497 e. The van der Waals surface area contributed by atoms with Crippen molar-refractivity contribution in [2.75, 3.05) is 25.5 Å². The number of likely N-dealkylation sites (tertiary alicyclic amines) is 1. The summed E-state index contributed by atoms with van der Waals surface area (Å²) in [6.07, 6.45) is 2.10. The summed E-state index contributed by atoms with van der Waals surface area (Å²) in [4.78, 5) is 14.8. The Kier molecular flexibility index (Phi) is 6.07. The van der Waals surface area contributed by atoms with Crippen LogP contribution in [0.1, 0.15) is 30.0 Å². The predicted octanol–water partition coefficient (Wildman–Crippen LogP) is 5.09. The Hall–Kier alpha value is -1.75. The van der Waals surface area contributed by atoms with Crippen LogP contribution in [-0.4, -0.2) is 31.0 Å². The van der Waals surface area contributed by atoms with E-state index in [1.54, 1.807) is 13.2 Å². The summed E-state index contributed by atoms with van der Waals surface area (Å²) in [7, 11) is 1.66. The fourth-order valence-electron chi connectivity index (χ4n) is 3.35. The monoisotopic (exact) mass is 392 g/mol. The van der Waals surface area contributed by atoms with Crippen LogP contribution >= 0.6 is 23.2 Å². The second-order valence-electron chi connectivity index (χ2n) is 6.50. The van der Waals surface area contributed by atoms with E-state index in [0.29, 0.717) is 22.3 Å². The van der Waals surface area contributed by atoms with Gasteiger partial charge >= 0.3 is 0 Å². The van der Waals surface area contributed by atoms with Gasteiger partial charge in [-0.2, -0.15) is 0 Å². The standard InChI is InChI=1S/C20H22Cl2N2O2/c1-13-5-10-16(21)20(19(13)22)23-18(25)12-24-11-3-4-17(24)14-6-8-15(26-2)9-7-14/h5-10,17H,3-4,11-12H2,1-2H3,(H,23,25)/t17-/m1/s1. The van der Waals surface area contributed by atoms with Crippen LogP contribution in [-0.2, 0) is 4.79 Å². The topological polar surface area (TPSA) is 41.6 Å². The van der Waals surface area contributed by atoms with Crippen molar-refractivity contribution in [3.8, 4) is 5.75 Å². The average Bonchev–Trinajstić information content (AvgIpc) is 3.10. The molecular formula is C20H22Cl2N2O2. The highest BCUT2D eigenvalue weighted by Crippen LogP contribution is 2.34. The van der Waals surface area contributed by atoms with Crippen molar-refractivity contribution in [1.82, 2.24) is 4.90 Å².